The molecule has 1 aromatic rings. The van der Waals surface area contributed by atoms with Crippen LogP contribution in [0.25, 0.3) is 6.08 Å². The van der Waals surface area contributed by atoms with Crippen molar-refractivity contribution in [2.45, 2.75) is 32.3 Å². The smallest absolute Gasteiger partial charge is 0.0774 e. The molecule has 0 radical (unpaired) electrons. The van der Waals surface area contributed by atoms with Crippen LogP contribution in [0.5, 0.6) is 0 Å². The lowest BCUT2D eigenvalue weighted by atomic mass is 10.0. The van der Waals surface area contributed by atoms with Gasteiger partial charge in [-0.2, -0.15) is 0 Å². The minimum absolute atomic E-state index is 0.749. The maximum atomic E-state index is 9.55. The van der Waals surface area contributed by atoms with Crippen LogP contribution in [0.2, 0.25) is 0 Å². The Labute approximate surface area is 98.1 Å². The molecule has 86 valence electrons. The van der Waals surface area contributed by atoms with Gasteiger partial charge in [0, 0.05) is 0 Å². The van der Waals surface area contributed by atoms with E-state index in [0.717, 1.165) is 18.4 Å². The van der Waals surface area contributed by atoms with Gasteiger partial charge in [0.1, 0.15) is 0 Å². The molecule has 1 heteroatoms. The monoisotopic (exact) mass is 216 g/mol. The fourth-order valence-corrected chi connectivity index (χ4v) is 1.36. The summed E-state index contributed by atoms with van der Waals surface area (Å²) in [6, 6.07) is 8.38. The largest absolute Gasteiger partial charge is 0.386 e. The Kier molecular flexibility index (Phi) is 4.51. The number of hydrogen-bond acceptors (Lipinski definition) is 1. The summed E-state index contributed by atoms with van der Waals surface area (Å²) in [5.41, 5.74) is 1.69. The van der Waals surface area contributed by atoms with E-state index in [9.17, 15) is 5.11 Å². The van der Waals surface area contributed by atoms with E-state index in [1.165, 1.54) is 5.56 Å². The number of benzene rings is 1. The van der Waals surface area contributed by atoms with E-state index < -0.39 is 5.60 Å². The Morgan fingerprint density at radius 3 is 2.38 bits per heavy atom. The predicted octanol–water partition coefficient (Wildman–Crippen LogP) is 3.59. The molecule has 0 heterocycles. The van der Waals surface area contributed by atoms with Crippen LogP contribution in [-0.2, 0) is 6.42 Å². The summed E-state index contributed by atoms with van der Waals surface area (Å²) in [6.07, 6.45) is 7.73. The number of aryl methyl sites for hydroxylation is 1. The molecule has 1 rings (SSSR count). The molecule has 0 saturated carbocycles. The highest BCUT2D eigenvalue weighted by Crippen LogP contribution is 2.11. The second-order valence-corrected chi connectivity index (χ2v) is 4.56. The van der Waals surface area contributed by atoms with Crippen molar-refractivity contribution >= 4 is 6.08 Å². The van der Waals surface area contributed by atoms with Crippen molar-refractivity contribution in [3.05, 3.63) is 54.1 Å². The third kappa shape index (κ3) is 4.94. The molecule has 0 bridgehead atoms. The zero-order chi connectivity index (χ0) is 12.0. The van der Waals surface area contributed by atoms with Gasteiger partial charge in [-0.25, -0.2) is 0 Å². The van der Waals surface area contributed by atoms with E-state index in [2.05, 4.69) is 30.8 Å². The number of allylic oxidation sites excluding steroid dienone is 1. The Hall–Kier alpha value is -1.34. The first kappa shape index (κ1) is 12.7. The summed E-state index contributed by atoms with van der Waals surface area (Å²) in [7, 11) is 0. The van der Waals surface area contributed by atoms with E-state index in [4.69, 9.17) is 0 Å². The Morgan fingerprint density at radius 1 is 1.25 bits per heavy atom. The van der Waals surface area contributed by atoms with Crippen LogP contribution in [0.15, 0.2) is 43.0 Å². The fourth-order valence-electron chi connectivity index (χ4n) is 1.36. The van der Waals surface area contributed by atoms with Crippen LogP contribution < -0.4 is 0 Å². The Morgan fingerprint density at radius 2 is 1.88 bits per heavy atom. The summed E-state index contributed by atoms with van der Waals surface area (Å²) in [4.78, 5) is 0. The Balaban J connectivity index is 2.64. The molecule has 0 fully saturated rings. The van der Waals surface area contributed by atoms with Crippen LogP contribution in [0.1, 0.15) is 31.4 Å². The van der Waals surface area contributed by atoms with Crippen LogP contribution in [0.4, 0.5) is 0 Å². The third-order valence-electron chi connectivity index (χ3n) is 2.30. The van der Waals surface area contributed by atoms with Gasteiger partial charge in [0.2, 0.25) is 0 Å². The fraction of sp³-hybridized carbons (Fsp3) is 0.333. The molecule has 0 saturated heterocycles. The van der Waals surface area contributed by atoms with Crippen molar-refractivity contribution in [2.24, 2.45) is 0 Å². The molecular weight excluding hydrogens is 196 g/mol. The average molecular weight is 216 g/mol. The van der Waals surface area contributed by atoms with Gasteiger partial charge in [-0.1, -0.05) is 42.5 Å². The first-order valence-corrected chi connectivity index (χ1v) is 5.63. The summed E-state index contributed by atoms with van der Waals surface area (Å²) in [5, 5.41) is 9.55. The molecule has 0 aliphatic rings. The lowest BCUT2D eigenvalue weighted by Crippen LogP contribution is -2.13. The molecule has 0 spiro atoms. The molecule has 1 nitrogen and oxygen atoms in total. The van der Waals surface area contributed by atoms with Gasteiger partial charge < -0.3 is 5.11 Å². The number of rotatable bonds is 5. The molecular formula is C15H20O. The lowest BCUT2D eigenvalue weighted by molar-refractivity contribution is 0.134. The summed E-state index contributed by atoms with van der Waals surface area (Å²) < 4.78 is 0. The van der Waals surface area contributed by atoms with E-state index in [1.807, 2.05) is 12.2 Å². The van der Waals surface area contributed by atoms with Crippen molar-refractivity contribution in [3.8, 4) is 0 Å². The number of hydrogen-bond donors (Lipinski definition) is 1. The van der Waals surface area contributed by atoms with Crippen molar-refractivity contribution in [2.75, 3.05) is 0 Å². The molecule has 16 heavy (non-hydrogen) atoms. The van der Waals surface area contributed by atoms with Crippen LogP contribution in [0, 0.1) is 0 Å². The molecule has 0 aliphatic heterocycles. The van der Waals surface area contributed by atoms with Crippen molar-refractivity contribution in [1.29, 1.82) is 0 Å². The number of aliphatic hydroxyl groups is 1. The third-order valence-corrected chi connectivity index (χ3v) is 2.30. The van der Waals surface area contributed by atoms with E-state index in [-0.39, 0.29) is 0 Å². The first-order valence-electron chi connectivity index (χ1n) is 5.63. The Bertz CT molecular complexity index is 352. The average Bonchev–Trinajstić information content (AvgIpc) is 2.24. The molecule has 0 aliphatic carbocycles. The molecule has 1 N–H and O–H groups in total. The zero-order valence-electron chi connectivity index (χ0n) is 10.1. The molecule has 0 aromatic heterocycles. The molecule has 0 atom stereocenters. The van der Waals surface area contributed by atoms with Gasteiger partial charge in [0.05, 0.1) is 5.60 Å². The molecule has 1 aromatic carbocycles. The van der Waals surface area contributed by atoms with Gasteiger partial charge in [-0.3, -0.25) is 0 Å². The highest BCUT2D eigenvalue weighted by atomic mass is 16.3. The van der Waals surface area contributed by atoms with Gasteiger partial charge in [0.15, 0.2) is 0 Å². The van der Waals surface area contributed by atoms with E-state index in [0.29, 0.717) is 0 Å². The van der Waals surface area contributed by atoms with Gasteiger partial charge >= 0.3 is 0 Å². The van der Waals surface area contributed by atoms with E-state index >= 15 is 0 Å². The van der Waals surface area contributed by atoms with Gasteiger partial charge in [-0.15, -0.1) is 6.58 Å². The minimum atomic E-state index is -0.749. The molecule has 0 unspecified atom stereocenters. The first-order chi connectivity index (χ1) is 7.51. The lowest BCUT2D eigenvalue weighted by Gasteiger charge is -2.10. The van der Waals surface area contributed by atoms with Gasteiger partial charge in [-0.05, 0) is 37.8 Å². The quantitative estimate of drug-likeness (QED) is 0.746. The summed E-state index contributed by atoms with van der Waals surface area (Å²) in [5.74, 6) is 0. The molecule has 0 amide bonds. The van der Waals surface area contributed by atoms with Crippen LogP contribution in [-0.4, -0.2) is 10.7 Å². The maximum absolute atomic E-state index is 9.55. The summed E-state index contributed by atoms with van der Waals surface area (Å²) in [6.45, 7) is 7.24. The predicted molar refractivity (Wildman–Crippen MR) is 70.3 cm³/mol. The second kappa shape index (κ2) is 5.66. The maximum Gasteiger partial charge on any atom is 0.0774 e. The minimum Gasteiger partial charge on any atom is -0.386 e. The van der Waals surface area contributed by atoms with Gasteiger partial charge in [0.25, 0.3) is 0 Å². The van der Waals surface area contributed by atoms with Crippen LogP contribution >= 0.6 is 0 Å². The van der Waals surface area contributed by atoms with Crippen molar-refractivity contribution < 1.29 is 5.11 Å². The van der Waals surface area contributed by atoms with Crippen molar-refractivity contribution in [1.82, 2.24) is 0 Å². The second-order valence-electron chi connectivity index (χ2n) is 4.56. The van der Waals surface area contributed by atoms with Crippen LogP contribution in [0.3, 0.4) is 0 Å². The standard InChI is InChI=1S/C15H20O/c1-4-5-6-13-7-9-14(10-8-13)11-12-15(2,3)16/h4,7-12,16H,1,5-6H2,2-3H3/b12-11+. The topological polar surface area (TPSA) is 20.2 Å². The summed E-state index contributed by atoms with van der Waals surface area (Å²) >= 11 is 0. The van der Waals surface area contributed by atoms with E-state index in [1.54, 1.807) is 19.9 Å². The highest BCUT2D eigenvalue weighted by molar-refractivity contribution is 5.50. The van der Waals surface area contributed by atoms with Crippen molar-refractivity contribution in [3.63, 3.8) is 0 Å². The SMILES string of the molecule is C=CCCc1ccc(/C=C/C(C)(C)O)cc1. The highest BCUT2D eigenvalue weighted by Gasteiger charge is 2.05. The zero-order valence-corrected chi connectivity index (χ0v) is 10.1. The normalized spacial score (nSPS) is 11.9.